The Labute approximate surface area is 115 Å². The highest BCUT2D eigenvalue weighted by Gasteiger charge is 2.41. The first-order valence-corrected chi connectivity index (χ1v) is 5.50. The van der Waals surface area contributed by atoms with Crippen molar-refractivity contribution in [2.75, 3.05) is 7.11 Å². The number of carboxylic acid groups (broad SMARTS) is 1. The van der Waals surface area contributed by atoms with Crippen molar-refractivity contribution in [3.8, 4) is 0 Å². The van der Waals surface area contributed by atoms with Gasteiger partial charge in [-0.3, -0.25) is 0 Å². The van der Waals surface area contributed by atoms with Crippen LogP contribution in [0.1, 0.15) is 27.6 Å². The van der Waals surface area contributed by atoms with Crippen molar-refractivity contribution in [1.29, 1.82) is 0 Å². The molecule has 0 spiro atoms. The number of carboxylic acids is 1. The molecule has 0 saturated carbocycles. The van der Waals surface area contributed by atoms with Gasteiger partial charge in [0, 0.05) is 13.2 Å². The Kier molecular flexibility index (Phi) is 3.93. The molecule has 0 aliphatic rings. The molecule has 0 radical (unpaired) electrons. The number of hydrogen-bond acceptors (Lipinski definition) is 6. The van der Waals surface area contributed by atoms with E-state index in [0.717, 1.165) is 0 Å². The molecule has 2 heterocycles. The zero-order chi connectivity index (χ0) is 15.6. The van der Waals surface area contributed by atoms with Crippen molar-refractivity contribution < 1.29 is 32.3 Å². The molecule has 0 aromatic carbocycles. The summed E-state index contributed by atoms with van der Waals surface area (Å²) in [6.07, 6.45) is -4.91. The minimum atomic E-state index is -4.91. The van der Waals surface area contributed by atoms with E-state index in [1.165, 1.54) is 13.2 Å². The highest BCUT2D eigenvalue weighted by molar-refractivity contribution is 5.86. The molecule has 0 aliphatic heterocycles. The predicted molar refractivity (Wildman–Crippen MR) is 58.3 cm³/mol. The van der Waals surface area contributed by atoms with E-state index >= 15 is 0 Å². The Morgan fingerprint density at radius 2 is 2.24 bits per heavy atom. The third-order valence-corrected chi connectivity index (χ3v) is 2.41. The van der Waals surface area contributed by atoms with Crippen molar-refractivity contribution in [2.24, 2.45) is 0 Å². The van der Waals surface area contributed by atoms with Crippen molar-refractivity contribution in [2.45, 2.75) is 19.3 Å². The molecule has 2 aromatic rings. The van der Waals surface area contributed by atoms with E-state index in [0.29, 0.717) is 10.4 Å². The van der Waals surface area contributed by atoms with Crippen molar-refractivity contribution in [3.63, 3.8) is 0 Å². The highest BCUT2D eigenvalue weighted by Crippen LogP contribution is 2.31. The monoisotopic (exact) mass is 306 g/mol. The second-order valence-corrected chi connectivity index (χ2v) is 3.96. The van der Waals surface area contributed by atoms with E-state index in [1.54, 1.807) is 0 Å². The predicted octanol–water partition coefficient (Wildman–Crippen LogP) is 1.18. The normalized spacial score (nSPS) is 11.8. The summed E-state index contributed by atoms with van der Waals surface area (Å²) in [5.41, 5.74) is -2.48. The maximum atomic E-state index is 12.9. The van der Waals surface area contributed by atoms with Gasteiger partial charge in [-0.2, -0.15) is 13.2 Å². The summed E-state index contributed by atoms with van der Waals surface area (Å²) < 4.78 is 48.7. The highest BCUT2D eigenvalue weighted by atomic mass is 19.4. The second-order valence-electron chi connectivity index (χ2n) is 3.96. The first-order valence-electron chi connectivity index (χ1n) is 5.50. The van der Waals surface area contributed by atoms with Crippen molar-refractivity contribution in [3.05, 3.63) is 28.9 Å². The molecular formula is C10H9F3N4O4. The maximum absolute atomic E-state index is 12.9. The second kappa shape index (κ2) is 5.52. The molecule has 114 valence electrons. The van der Waals surface area contributed by atoms with Gasteiger partial charge in [0.1, 0.15) is 12.3 Å². The number of aromatic nitrogens is 4. The lowest BCUT2D eigenvalue weighted by atomic mass is 10.3. The lowest BCUT2D eigenvalue weighted by Gasteiger charge is -2.08. The number of methoxy groups -OCH3 is 1. The summed E-state index contributed by atoms with van der Waals surface area (Å²) >= 11 is 0. The zero-order valence-corrected chi connectivity index (χ0v) is 10.6. The molecule has 0 fully saturated rings. The Balaban J connectivity index is 2.33. The zero-order valence-electron chi connectivity index (χ0n) is 10.6. The van der Waals surface area contributed by atoms with Gasteiger partial charge in [-0.25, -0.2) is 9.48 Å². The first-order chi connectivity index (χ1) is 9.82. The molecular weight excluding hydrogens is 297 g/mol. The van der Waals surface area contributed by atoms with Crippen LogP contribution >= 0.6 is 0 Å². The maximum Gasteiger partial charge on any atom is 0.435 e. The van der Waals surface area contributed by atoms with Crippen LogP contribution in [0.15, 0.2) is 10.6 Å². The van der Waals surface area contributed by atoms with Crippen LogP contribution in [0.2, 0.25) is 0 Å². The molecule has 2 rings (SSSR count). The molecule has 0 saturated heterocycles. The van der Waals surface area contributed by atoms with Crippen LogP contribution < -0.4 is 0 Å². The van der Waals surface area contributed by atoms with E-state index in [2.05, 4.69) is 15.5 Å². The van der Waals surface area contributed by atoms with Crippen LogP contribution in [0.4, 0.5) is 13.2 Å². The van der Waals surface area contributed by atoms with Crippen LogP contribution in [0.5, 0.6) is 0 Å². The van der Waals surface area contributed by atoms with Gasteiger partial charge in [0.25, 0.3) is 0 Å². The van der Waals surface area contributed by atoms with Crippen LogP contribution in [0, 0.1) is 0 Å². The van der Waals surface area contributed by atoms with Gasteiger partial charge in [0.15, 0.2) is 11.5 Å². The quantitative estimate of drug-likeness (QED) is 0.884. The minimum absolute atomic E-state index is 0.108. The van der Waals surface area contributed by atoms with Gasteiger partial charge in [-0.05, 0) is 0 Å². The van der Waals surface area contributed by atoms with E-state index in [-0.39, 0.29) is 12.3 Å². The van der Waals surface area contributed by atoms with Crippen molar-refractivity contribution in [1.82, 2.24) is 20.2 Å². The average Bonchev–Trinajstić information content (AvgIpc) is 2.96. The number of nitrogens with zero attached hydrogens (tertiary/aromatic N) is 4. The molecule has 11 heteroatoms. The van der Waals surface area contributed by atoms with Crippen LogP contribution in [0.3, 0.4) is 0 Å². The van der Waals surface area contributed by atoms with E-state index in [1.807, 2.05) is 0 Å². The molecule has 0 atom stereocenters. The van der Waals surface area contributed by atoms with Gasteiger partial charge in [0.2, 0.25) is 5.69 Å². The Bertz CT molecular complexity index is 649. The van der Waals surface area contributed by atoms with Gasteiger partial charge in [-0.1, -0.05) is 10.4 Å². The third kappa shape index (κ3) is 3.18. The number of hydrogen-bond donors (Lipinski definition) is 1. The van der Waals surface area contributed by atoms with E-state index in [4.69, 9.17) is 14.4 Å². The van der Waals surface area contributed by atoms with E-state index in [9.17, 15) is 18.0 Å². The number of aromatic carboxylic acids is 1. The number of ether oxygens (including phenoxy) is 1. The molecule has 2 aromatic heterocycles. The SMILES string of the molecule is COCc1cc(Cn2nnc(C(=O)O)c2C(F)(F)F)no1. The van der Waals surface area contributed by atoms with E-state index < -0.39 is 30.1 Å². The average molecular weight is 306 g/mol. The standard InChI is InChI=1S/C10H9F3N4O4/c1-20-4-6-2-5(15-21-6)3-17-8(10(11,12)13)7(9(18)19)14-16-17/h2H,3-4H2,1H3,(H,18,19). The van der Waals surface area contributed by atoms with Crippen LogP contribution in [-0.2, 0) is 24.1 Å². The summed E-state index contributed by atoms with van der Waals surface area (Å²) in [6, 6.07) is 1.38. The fraction of sp³-hybridized carbons (Fsp3) is 0.400. The molecule has 0 bridgehead atoms. The molecule has 0 aliphatic carbocycles. The number of carbonyl (C=O) groups is 1. The van der Waals surface area contributed by atoms with Crippen molar-refractivity contribution >= 4 is 5.97 Å². The van der Waals surface area contributed by atoms with Crippen LogP contribution in [0.25, 0.3) is 0 Å². The Morgan fingerprint density at radius 1 is 1.52 bits per heavy atom. The summed E-state index contributed by atoms with van der Waals surface area (Å²) in [4.78, 5) is 10.8. The number of halogens is 3. The van der Waals surface area contributed by atoms with Gasteiger partial charge in [-0.15, -0.1) is 5.10 Å². The Hall–Kier alpha value is -2.43. The lowest BCUT2D eigenvalue weighted by Crippen LogP contribution is -2.19. The summed E-state index contributed by atoms with van der Waals surface area (Å²) in [5, 5.41) is 18.5. The minimum Gasteiger partial charge on any atom is -0.476 e. The molecule has 0 amide bonds. The number of alkyl halides is 3. The Morgan fingerprint density at radius 3 is 2.81 bits per heavy atom. The molecule has 21 heavy (non-hydrogen) atoms. The van der Waals surface area contributed by atoms with Crippen LogP contribution in [-0.4, -0.2) is 38.3 Å². The lowest BCUT2D eigenvalue weighted by molar-refractivity contribution is -0.144. The summed E-state index contributed by atoms with van der Waals surface area (Å²) in [6.45, 7) is -0.320. The van der Waals surface area contributed by atoms with Gasteiger partial charge in [0.05, 0.1) is 6.54 Å². The third-order valence-electron chi connectivity index (χ3n) is 2.41. The summed E-state index contributed by atoms with van der Waals surface area (Å²) in [7, 11) is 1.42. The fourth-order valence-corrected chi connectivity index (χ4v) is 1.64. The topological polar surface area (TPSA) is 103 Å². The smallest absolute Gasteiger partial charge is 0.435 e. The van der Waals surface area contributed by atoms with Gasteiger partial charge >= 0.3 is 12.1 Å². The first kappa shape index (κ1) is 15.0. The largest absolute Gasteiger partial charge is 0.476 e. The molecule has 1 N–H and O–H groups in total. The summed E-state index contributed by atoms with van der Waals surface area (Å²) in [5.74, 6) is -1.49. The molecule has 0 unspecified atom stereocenters. The molecule has 8 nitrogen and oxygen atoms in total. The van der Waals surface area contributed by atoms with Gasteiger partial charge < -0.3 is 14.4 Å². The fourth-order valence-electron chi connectivity index (χ4n) is 1.64. The number of rotatable bonds is 5.